The van der Waals surface area contributed by atoms with Crippen molar-refractivity contribution in [1.29, 1.82) is 0 Å². The van der Waals surface area contributed by atoms with Gasteiger partial charge in [-0.25, -0.2) is 0 Å². The van der Waals surface area contributed by atoms with Gasteiger partial charge in [-0.15, -0.1) is 11.3 Å². The molecule has 3 heteroatoms. The second-order valence-corrected chi connectivity index (χ2v) is 19.5. The van der Waals surface area contributed by atoms with Crippen molar-refractivity contribution in [3.05, 3.63) is 283 Å². The first kappa shape index (κ1) is 40.3. The van der Waals surface area contributed by atoms with E-state index in [-0.39, 0.29) is 0 Å². The van der Waals surface area contributed by atoms with Gasteiger partial charge in [0.2, 0.25) is 0 Å². The van der Waals surface area contributed by atoms with Crippen LogP contribution in [0.4, 0.5) is 17.1 Å². The highest BCUT2D eigenvalue weighted by molar-refractivity contribution is 7.25. The normalized spacial score (nSPS) is 12.7. The Labute approximate surface area is 410 Å². The minimum absolute atomic E-state index is 0.479. The molecule has 0 saturated carbocycles. The van der Waals surface area contributed by atoms with Crippen LogP contribution in [0.2, 0.25) is 0 Å². The SMILES string of the molecule is c1ccc(C2(c3ccccc3)c3ccccc3-c3cc(N(c4ccc(-c5cccc(-c6ccc7sc8ccccc8c7c6)c5)cc4)c4cccc(-c5ccc6oc7ccccc7c6c5)c4)ccc32)cc1. The smallest absolute Gasteiger partial charge is 0.135 e. The van der Waals surface area contributed by atoms with Gasteiger partial charge in [0, 0.05) is 48.0 Å². The van der Waals surface area contributed by atoms with Gasteiger partial charge < -0.3 is 9.32 Å². The average molecular weight is 910 g/mol. The lowest BCUT2D eigenvalue weighted by Gasteiger charge is -2.34. The molecule has 1 aliphatic carbocycles. The highest BCUT2D eigenvalue weighted by Gasteiger charge is 2.46. The molecule has 0 bridgehead atoms. The second-order valence-electron chi connectivity index (χ2n) is 18.4. The summed E-state index contributed by atoms with van der Waals surface area (Å²) in [6.45, 7) is 0. The maximum absolute atomic E-state index is 6.24. The first-order valence-corrected chi connectivity index (χ1v) is 24.8. The van der Waals surface area contributed by atoms with Crippen LogP contribution in [0.15, 0.2) is 265 Å². The summed E-state index contributed by atoms with van der Waals surface area (Å²) >= 11 is 1.86. The van der Waals surface area contributed by atoms with Gasteiger partial charge in [0.1, 0.15) is 11.2 Å². The molecule has 0 aliphatic heterocycles. The first-order chi connectivity index (χ1) is 34.7. The quantitative estimate of drug-likeness (QED) is 0.151. The Hall–Kier alpha value is -8.76. The predicted octanol–water partition coefficient (Wildman–Crippen LogP) is 18.8. The summed E-state index contributed by atoms with van der Waals surface area (Å²) in [5.74, 6) is 0. The Morgan fingerprint density at radius 2 is 0.843 bits per heavy atom. The Kier molecular flexibility index (Phi) is 9.33. The van der Waals surface area contributed by atoms with E-state index in [1.807, 2.05) is 23.5 Å². The molecule has 0 amide bonds. The van der Waals surface area contributed by atoms with Crippen molar-refractivity contribution in [2.75, 3.05) is 4.90 Å². The van der Waals surface area contributed by atoms with Crippen LogP contribution in [0.3, 0.4) is 0 Å². The van der Waals surface area contributed by atoms with E-state index >= 15 is 0 Å². The van der Waals surface area contributed by atoms with Crippen LogP contribution in [0.1, 0.15) is 22.3 Å². The van der Waals surface area contributed by atoms with Crippen molar-refractivity contribution in [2.24, 2.45) is 0 Å². The van der Waals surface area contributed by atoms with Gasteiger partial charge in [0.05, 0.1) is 5.41 Å². The van der Waals surface area contributed by atoms with Gasteiger partial charge >= 0.3 is 0 Å². The van der Waals surface area contributed by atoms with E-state index in [1.165, 1.54) is 75.8 Å². The van der Waals surface area contributed by atoms with E-state index < -0.39 is 5.41 Å². The molecule has 2 nitrogen and oxygen atoms in total. The molecular weight excluding hydrogens is 867 g/mol. The fourth-order valence-corrected chi connectivity index (χ4v) is 12.4. The summed E-state index contributed by atoms with van der Waals surface area (Å²) in [4.78, 5) is 2.42. The molecule has 2 aromatic heterocycles. The van der Waals surface area contributed by atoms with Crippen LogP contribution in [-0.4, -0.2) is 0 Å². The zero-order chi connectivity index (χ0) is 46.2. The third-order valence-electron chi connectivity index (χ3n) is 14.5. The Morgan fingerprint density at radius 3 is 1.64 bits per heavy atom. The van der Waals surface area contributed by atoms with Gasteiger partial charge in [-0.1, -0.05) is 182 Å². The summed E-state index contributed by atoms with van der Waals surface area (Å²) in [7, 11) is 0. The summed E-state index contributed by atoms with van der Waals surface area (Å²) < 4.78 is 8.89. The largest absolute Gasteiger partial charge is 0.456 e. The molecule has 70 heavy (non-hydrogen) atoms. The van der Waals surface area contributed by atoms with Crippen LogP contribution in [-0.2, 0) is 5.41 Å². The zero-order valence-corrected chi connectivity index (χ0v) is 38.9. The molecule has 0 N–H and O–H groups in total. The van der Waals surface area contributed by atoms with Crippen molar-refractivity contribution < 1.29 is 4.42 Å². The standard InChI is InChI=1S/C67H43NOS/c1-3-18-50(19-4-1)67(51-20-5-2-6-21-51)61-26-10-7-23-55(61)58-43-54(35-36-62(58)67)68(53-22-14-17-47(40-53)48-31-37-64-59(41-48)56-24-8-11-27-63(56)69-64)52-33-29-44(30-34-52)45-15-13-16-46(39-45)49-32-38-66-60(42-49)57-25-9-12-28-65(57)70-66/h1-43H. The lowest BCUT2D eigenvalue weighted by Crippen LogP contribution is -2.28. The molecule has 11 aromatic carbocycles. The number of nitrogens with zero attached hydrogens (tertiary/aromatic N) is 1. The van der Waals surface area contributed by atoms with Gasteiger partial charge in [-0.3, -0.25) is 0 Å². The zero-order valence-electron chi connectivity index (χ0n) is 38.1. The molecule has 2 heterocycles. The van der Waals surface area contributed by atoms with Crippen LogP contribution >= 0.6 is 11.3 Å². The van der Waals surface area contributed by atoms with E-state index in [4.69, 9.17) is 4.42 Å². The number of rotatable bonds is 8. The molecular formula is C67H43NOS. The van der Waals surface area contributed by atoms with Crippen LogP contribution < -0.4 is 4.90 Å². The third-order valence-corrected chi connectivity index (χ3v) is 15.7. The van der Waals surface area contributed by atoms with Crippen molar-refractivity contribution >= 4 is 70.5 Å². The average Bonchev–Trinajstić information content (AvgIpc) is 4.10. The Bertz CT molecular complexity index is 4090. The molecule has 0 fully saturated rings. The minimum atomic E-state index is -0.479. The highest BCUT2D eigenvalue weighted by Crippen LogP contribution is 2.57. The number of hydrogen-bond acceptors (Lipinski definition) is 3. The lowest BCUT2D eigenvalue weighted by atomic mass is 9.68. The third kappa shape index (κ3) is 6.40. The monoisotopic (exact) mass is 909 g/mol. The maximum atomic E-state index is 6.24. The van der Waals surface area contributed by atoms with Crippen LogP contribution in [0, 0.1) is 0 Å². The number of benzene rings is 11. The first-order valence-electron chi connectivity index (χ1n) is 24.0. The van der Waals surface area contributed by atoms with Crippen molar-refractivity contribution in [1.82, 2.24) is 0 Å². The van der Waals surface area contributed by atoms with Gasteiger partial charge in [0.15, 0.2) is 0 Å². The summed E-state index contributed by atoms with van der Waals surface area (Å²) in [6, 6.07) is 95.7. The summed E-state index contributed by atoms with van der Waals surface area (Å²) in [5.41, 5.74) is 19.2. The molecule has 0 saturated heterocycles. The molecule has 1 aliphatic rings. The molecule has 0 unspecified atom stereocenters. The molecule has 13 aromatic rings. The van der Waals surface area contributed by atoms with E-state index in [0.717, 1.165) is 50.1 Å². The van der Waals surface area contributed by atoms with E-state index in [2.05, 4.69) is 254 Å². The molecule has 0 radical (unpaired) electrons. The number of anilines is 3. The Balaban J connectivity index is 0.907. The van der Waals surface area contributed by atoms with Gasteiger partial charge in [0.25, 0.3) is 0 Å². The number of fused-ring (bicyclic) bond motifs is 9. The molecule has 0 spiro atoms. The number of thiophene rings is 1. The van der Waals surface area contributed by atoms with Crippen LogP contribution in [0.5, 0.6) is 0 Å². The fourth-order valence-electron chi connectivity index (χ4n) is 11.3. The minimum Gasteiger partial charge on any atom is -0.456 e. The Morgan fingerprint density at radius 1 is 0.300 bits per heavy atom. The van der Waals surface area contributed by atoms with Gasteiger partial charge in [-0.05, 0) is 146 Å². The van der Waals surface area contributed by atoms with Crippen molar-refractivity contribution in [2.45, 2.75) is 5.41 Å². The van der Waals surface area contributed by atoms with Gasteiger partial charge in [-0.2, -0.15) is 0 Å². The maximum Gasteiger partial charge on any atom is 0.135 e. The van der Waals surface area contributed by atoms with E-state index in [1.54, 1.807) is 0 Å². The molecule has 14 rings (SSSR count). The lowest BCUT2D eigenvalue weighted by molar-refractivity contribution is 0.669. The van der Waals surface area contributed by atoms with E-state index in [9.17, 15) is 0 Å². The highest BCUT2D eigenvalue weighted by atomic mass is 32.1. The van der Waals surface area contributed by atoms with E-state index in [0.29, 0.717) is 0 Å². The number of para-hydroxylation sites is 1. The van der Waals surface area contributed by atoms with Crippen LogP contribution in [0.25, 0.3) is 86.6 Å². The predicted molar refractivity (Wildman–Crippen MR) is 295 cm³/mol. The molecule has 328 valence electrons. The molecule has 0 atom stereocenters. The summed E-state index contributed by atoms with van der Waals surface area (Å²) in [5, 5.41) is 4.88. The number of furan rings is 1. The van der Waals surface area contributed by atoms with Crippen molar-refractivity contribution in [3.8, 4) is 44.5 Å². The number of hydrogen-bond donors (Lipinski definition) is 0. The topological polar surface area (TPSA) is 16.4 Å². The summed E-state index contributed by atoms with van der Waals surface area (Å²) in [6.07, 6.45) is 0. The van der Waals surface area contributed by atoms with Crippen molar-refractivity contribution in [3.63, 3.8) is 0 Å². The fraction of sp³-hybridized carbons (Fsp3) is 0.0149. The second kappa shape index (κ2) is 16.2.